The zero-order valence-corrected chi connectivity index (χ0v) is 22.0. The van der Waals surface area contributed by atoms with Gasteiger partial charge >= 0.3 is 0 Å². The van der Waals surface area contributed by atoms with E-state index in [1.165, 1.54) is 45.1 Å². The van der Waals surface area contributed by atoms with Crippen molar-refractivity contribution in [2.75, 3.05) is 26.2 Å². The fourth-order valence-electron chi connectivity index (χ4n) is 4.96. The summed E-state index contributed by atoms with van der Waals surface area (Å²) < 4.78 is 12.0. The van der Waals surface area contributed by atoms with Crippen molar-refractivity contribution in [3.8, 4) is 28.6 Å². The van der Waals surface area contributed by atoms with Gasteiger partial charge in [0.2, 0.25) is 5.88 Å². The Labute approximate surface area is 227 Å². The van der Waals surface area contributed by atoms with E-state index in [-0.39, 0.29) is 5.78 Å². The van der Waals surface area contributed by atoms with E-state index >= 15 is 0 Å². The Kier molecular flexibility index (Phi) is 7.29. The molecule has 0 radical (unpaired) electrons. The summed E-state index contributed by atoms with van der Waals surface area (Å²) >= 11 is 6.49. The van der Waals surface area contributed by atoms with Crippen LogP contribution >= 0.6 is 11.6 Å². The largest absolute Gasteiger partial charge is 0.492 e. The first-order chi connectivity index (χ1) is 18.6. The Morgan fingerprint density at radius 3 is 2.58 bits per heavy atom. The minimum absolute atomic E-state index is 0.238. The van der Waals surface area contributed by atoms with Crippen LogP contribution in [-0.4, -0.2) is 51.9 Å². The van der Waals surface area contributed by atoms with Gasteiger partial charge in [-0.1, -0.05) is 17.7 Å². The van der Waals surface area contributed by atoms with Crippen molar-refractivity contribution < 1.29 is 14.3 Å². The Morgan fingerprint density at radius 2 is 1.82 bits per heavy atom. The molecule has 1 aliphatic heterocycles. The van der Waals surface area contributed by atoms with Gasteiger partial charge in [0.05, 0.1) is 5.39 Å². The topological polar surface area (TPSA) is 80.3 Å². The van der Waals surface area contributed by atoms with Gasteiger partial charge in [0.15, 0.2) is 0 Å². The lowest BCUT2D eigenvalue weighted by molar-refractivity contribution is -0.118. The van der Waals surface area contributed by atoms with E-state index in [4.69, 9.17) is 21.1 Å². The van der Waals surface area contributed by atoms with Crippen molar-refractivity contribution in [3.05, 3.63) is 65.4 Å². The number of nitrogens with zero attached hydrogens (tertiary/aromatic N) is 3. The third-order valence-corrected chi connectivity index (χ3v) is 7.62. The third-order valence-electron chi connectivity index (χ3n) is 7.27. The van der Waals surface area contributed by atoms with Crippen molar-refractivity contribution in [2.45, 2.75) is 38.5 Å². The maximum absolute atomic E-state index is 12.3. The molecule has 8 heteroatoms. The number of likely N-dealkylation sites (tertiary alicyclic amines) is 1. The highest BCUT2D eigenvalue weighted by atomic mass is 35.5. The van der Waals surface area contributed by atoms with Crippen LogP contribution in [0.1, 0.15) is 37.7 Å². The number of carbonyl (C=O) groups excluding carboxylic acids is 1. The fourth-order valence-corrected chi connectivity index (χ4v) is 5.20. The van der Waals surface area contributed by atoms with Gasteiger partial charge < -0.3 is 14.5 Å². The van der Waals surface area contributed by atoms with Crippen LogP contribution in [0.3, 0.4) is 0 Å². The van der Waals surface area contributed by atoms with Crippen LogP contribution in [0.5, 0.6) is 17.4 Å². The molecule has 2 aromatic heterocycles. The second kappa shape index (κ2) is 11.1. The second-order valence-corrected chi connectivity index (χ2v) is 10.7. The molecule has 0 bridgehead atoms. The average molecular weight is 531 g/mol. The quantitative estimate of drug-likeness (QED) is 0.240. The van der Waals surface area contributed by atoms with Gasteiger partial charge in [0, 0.05) is 30.1 Å². The Bertz CT molecular complexity index is 1430. The number of aromatic amines is 1. The van der Waals surface area contributed by atoms with E-state index in [0.29, 0.717) is 47.7 Å². The molecule has 0 amide bonds. The molecule has 2 fully saturated rings. The number of H-pyrrole nitrogens is 1. The van der Waals surface area contributed by atoms with E-state index in [1.807, 2.05) is 42.5 Å². The summed E-state index contributed by atoms with van der Waals surface area (Å²) in [5, 5.41) is 1.29. The van der Waals surface area contributed by atoms with Crippen molar-refractivity contribution in [1.29, 1.82) is 0 Å². The molecule has 1 saturated heterocycles. The molecule has 1 N–H and O–H groups in total. The molecule has 4 aromatic rings. The molecule has 6 rings (SSSR count). The highest BCUT2D eigenvalue weighted by Crippen LogP contribution is 2.35. The summed E-state index contributed by atoms with van der Waals surface area (Å²) in [6.07, 6.45) is 7.40. The highest BCUT2D eigenvalue weighted by molar-refractivity contribution is 6.31. The molecular weight excluding hydrogens is 500 g/mol. The molecule has 3 heterocycles. The van der Waals surface area contributed by atoms with E-state index < -0.39 is 0 Å². The maximum atomic E-state index is 12.3. The number of nitrogens with one attached hydrogen (secondary N) is 1. The van der Waals surface area contributed by atoms with Gasteiger partial charge in [-0.2, -0.15) is 0 Å². The summed E-state index contributed by atoms with van der Waals surface area (Å²) in [5.74, 6) is 2.68. The second-order valence-electron chi connectivity index (χ2n) is 10.3. The smallest absolute Gasteiger partial charge is 0.231 e. The predicted octanol–water partition coefficient (Wildman–Crippen LogP) is 6.46. The van der Waals surface area contributed by atoms with Crippen LogP contribution in [0.2, 0.25) is 5.02 Å². The molecule has 2 aromatic carbocycles. The minimum atomic E-state index is 0.238. The molecule has 2 aliphatic rings. The standard InChI is InChI=1S/C30H31ClN4O3/c31-27-17-25(10-7-22(27)16-23(36)15-20-3-4-20)38-30-26-18-28(34-29(26)32-19-33-30)21-5-8-24(9-6-21)37-14-13-35-11-1-2-12-35/h5-10,17-20H,1-4,11-16H2,(H,32,33,34). The number of hydrogen-bond acceptors (Lipinski definition) is 6. The van der Waals surface area contributed by atoms with Gasteiger partial charge in [0.1, 0.15) is 35.9 Å². The molecule has 196 valence electrons. The van der Waals surface area contributed by atoms with E-state index in [1.54, 1.807) is 6.07 Å². The van der Waals surface area contributed by atoms with Crippen LogP contribution in [0.4, 0.5) is 0 Å². The highest BCUT2D eigenvalue weighted by Gasteiger charge is 2.24. The monoisotopic (exact) mass is 530 g/mol. The molecule has 0 unspecified atom stereocenters. The van der Waals surface area contributed by atoms with E-state index in [9.17, 15) is 4.79 Å². The number of fused-ring (bicyclic) bond motifs is 1. The SMILES string of the molecule is O=C(Cc1ccc(Oc2ncnc3[nH]c(-c4ccc(OCCN5CCCC5)cc4)cc23)cc1Cl)CC1CC1. The van der Waals surface area contributed by atoms with Crippen molar-refractivity contribution >= 4 is 28.4 Å². The normalized spacial score (nSPS) is 15.7. The Balaban J connectivity index is 1.12. The number of halogens is 1. The van der Waals surface area contributed by atoms with Crippen LogP contribution in [0, 0.1) is 5.92 Å². The van der Waals surface area contributed by atoms with E-state index in [2.05, 4.69) is 19.9 Å². The summed E-state index contributed by atoms with van der Waals surface area (Å²) in [5.41, 5.74) is 3.44. The number of benzene rings is 2. The molecular formula is C30H31ClN4O3. The number of hydrogen-bond donors (Lipinski definition) is 1. The minimum Gasteiger partial charge on any atom is -0.492 e. The number of carbonyl (C=O) groups is 1. The first kappa shape index (κ1) is 24.9. The lowest BCUT2D eigenvalue weighted by atomic mass is 10.0. The predicted molar refractivity (Wildman–Crippen MR) is 148 cm³/mol. The van der Waals surface area contributed by atoms with Crippen molar-refractivity contribution in [3.63, 3.8) is 0 Å². The molecule has 1 aliphatic carbocycles. The first-order valence-corrected chi connectivity index (χ1v) is 13.8. The lowest BCUT2D eigenvalue weighted by Crippen LogP contribution is -2.25. The van der Waals surface area contributed by atoms with Crippen LogP contribution in [0.15, 0.2) is 54.9 Å². The number of ether oxygens (including phenoxy) is 2. The van der Waals surface area contributed by atoms with Crippen molar-refractivity contribution in [1.82, 2.24) is 19.9 Å². The summed E-state index contributed by atoms with van der Waals surface area (Å²) in [7, 11) is 0. The van der Waals surface area contributed by atoms with Gasteiger partial charge in [-0.3, -0.25) is 9.69 Å². The number of ketones is 1. The van der Waals surface area contributed by atoms with Crippen LogP contribution in [-0.2, 0) is 11.2 Å². The molecule has 38 heavy (non-hydrogen) atoms. The number of aromatic nitrogens is 3. The summed E-state index contributed by atoms with van der Waals surface area (Å²) in [4.78, 5) is 26.8. The molecule has 1 saturated carbocycles. The lowest BCUT2D eigenvalue weighted by Gasteiger charge is -2.14. The first-order valence-electron chi connectivity index (χ1n) is 13.4. The van der Waals surface area contributed by atoms with Gasteiger partial charge in [-0.05, 0) is 98.3 Å². The average Bonchev–Trinajstić information content (AvgIpc) is 3.37. The third kappa shape index (κ3) is 6.00. The molecule has 0 atom stereocenters. The van der Waals surface area contributed by atoms with Gasteiger partial charge in [0.25, 0.3) is 0 Å². The Hall–Kier alpha value is -3.42. The number of rotatable bonds is 11. The fraction of sp³-hybridized carbons (Fsp3) is 0.367. The maximum Gasteiger partial charge on any atom is 0.231 e. The Morgan fingerprint density at radius 1 is 1.03 bits per heavy atom. The van der Waals surface area contributed by atoms with Crippen LogP contribution < -0.4 is 9.47 Å². The molecule has 7 nitrogen and oxygen atoms in total. The van der Waals surface area contributed by atoms with Crippen LogP contribution in [0.25, 0.3) is 22.3 Å². The molecule has 0 spiro atoms. The van der Waals surface area contributed by atoms with E-state index in [0.717, 1.165) is 34.5 Å². The summed E-state index contributed by atoms with van der Waals surface area (Å²) in [6.45, 7) is 4.02. The summed E-state index contributed by atoms with van der Waals surface area (Å²) in [6, 6.07) is 15.5. The van der Waals surface area contributed by atoms with Gasteiger partial charge in [-0.25, -0.2) is 9.97 Å². The van der Waals surface area contributed by atoms with Gasteiger partial charge in [-0.15, -0.1) is 0 Å². The van der Waals surface area contributed by atoms with Crippen molar-refractivity contribution in [2.24, 2.45) is 5.92 Å². The zero-order valence-electron chi connectivity index (χ0n) is 21.3. The zero-order chi connectivity index (χ0) is 25.9. The number of Topliss-reactive ketones (excluding diaryl/α,β-unsaturated/α-hetero) is 1.